The smallest absolute Gasteiger partial charge is 0.142 e. The fraction of sp³-hybridized carbons (Fsp3) is 0.500. The van der Waals surface area contributed by atoms with Crippen LogP contribution in [0.15, 0.2) is 18.2 Å². The number of rotatable bonds is 2. The summed E-state index contributed by atoms with van der Waals surface area (Å²) in [4.78, 5) is 2.32. The van der Waals surface area contributed by atoms with E-state index in [1.807, 2.05) is 6.07 Å². The molecule has 0 spiro atoms. The van der Waals surface area contributed by atoms with Crippen LogP contribution in [0.3, 0.4) is 0 Å². The van der Waals surface area contributed by atoms with E-state index in [0.29, 0.717) is 0 Å². The lowest BCUT2D eigenvalue weighted by Gasteiger charge is -2.33. The summed E-state index contributed by atoms with van der Waals surface area (Å²) >= 11 is 5.99. The molecule has 0 aromatic heterocycles. The maximum atomic E-state index is 13.3. The van der Waals surface area contributed by atoms with Gasteiger partial charge in [0.25, 0.3) is 0 Å². The molecular weight excluding hydrogens is 262 g/mol. The SMILES string of the molecule is C[C@H](c1cccc(F)c1Cl)N1CCNCC1.Cl. The minimum atomic E-state index is -0.332. The molecule has 2 rings (SSSR count). The quantitative estimate of drug-likeness (QED) is 0.895. The molecule has 17 heavy (non-hydrogen) atoms. The van der Waals surface area contributed by atoms with E-state index in [4.69, 9.17) is 11.6 Å². The van der Waals surface area contributed by atoms with Gasteiger partial charge in [0, 0.05) is 32.2 Å². The second-order valence-corrected chi connectivity index (χ2v) is 4.48. The molecule has 0 bridgehead atoms. The number of hydrogen-bond acceptors (Lipinski definition) is 2. The molecular formula is C12H17Cl2FN2. The van der Waals surface area contributed by atoms with Crippen molar-refractivity contribution in [3.8, 4) is 0 Å². The summed E-state index contributed by atoms with van der Waals surface area (Å²) in [6.07, 6.45) is 0. The Bertz CT molecular complexity index is 368. The second-order valence-electron chi connectivity index (χ2n) is 4.10. The maximum absolute atomic E-state index is 13.3. The molecule has 1 heterocycles. The normalized spacial score (nSPS) is 18.5. The largest absolute Gasteiger partial charge is 0.314 e. The van der Waals surface area contributed by atoms with Crippen molar-refractivity contribution in [1.29, 1.82) is 0 Å². The van der Waals surface area contributed by atoms with Crippen LogP contribution < -0.4 is 5.32 Å². The lowest BCUT2D eigenvalue weighted by molar-refractivity contribution is 0.185. The molecule has 0 radical (unpaired) electrons. The van der Waals surface area contributed by atoms with Gasteiger partial charge in [-0.2, -0.15) is 0 Å². The molecule has 1 N–H and O–H groups in total. The lowest BCUT2D eigenvalue weighted by Crippen LogP contribution is -2.44. The van der Waals surface area contributed by atoms with Gasteiger partial charge in [0.1, 0.15) is 5.82 Å². The van der Waals surface area contributed by atoms with Crippen molar-refractivity contribution in [3.05, 3.63) is 34.6 Å². The average Bonchev–Trinajstić information content (AvgIpc) is 2.33. The first-order chi connectivity index (χ1) is 7.70. The van der Waals surface area contributed by atoms with Crippen molar-refractivity contribution in [2.75, 3.05) is 26.2 Å². The highest BCUT2D eigenvalue weighted by Crippen LogP contribution is 2.29. The van der Waals surface area contributed by atoms with Gasteiger partial charge in [-0.3, -0.25) is 4.90 Å². The van der Waals surface area contributed by atoms with Crippen LogP contribution in [0.25, 0.3) is 0 Å². The molecule has 0 amide bonds. The van der Waals surface area contributed by atoms with E-state index in [1.54, 1.807) is 6.07 Å². The topological polar surface area (TPSA) is 15.3 Å². The molecule has 0 saturated carbocycles. The van der Waals surface area contributed by atoms with Gasteiger partial charge in [0.2, 0.25) is 0 Å². The second kappa shape index (κ2) is 6.55. The van der Waals surface area contributed by atoms with E-state index in [0.717, 1.165) is 31.7 Å². The van der Waals surface area contributed by atoms with E-state index in [-0.39, 0.29) is 29.3 Å². The monoisotopic (exact) mass is 278 g/mol. The summed E-state index contributed by atoms with van der Waals surface area (Å²) in [5.74, 6) is -0.332. The molecule has 1 aliphatic heterocycles. The van der Waals surface area contributed by atoms with Crippen molar-refractivity contribution < 1.29 is 4.39 Å². The Morgan fingerprint density at radius 2 is 2.00 bits per heavy atom. The molecule has 0 unspecified atom stereocenters. The van der Waals surface area contributed by atoms with Crippen LogP contribution >= 0.6 is 24.0 Å². The Morgan fingerprint density at radius 3 is 2.65 bits per heavy atom. The Hall–Kier alpha value is -0.350. The predicted octanol–water partition coefficient (Wildman–Crippen LogP) is 2.87. The van der Waals surface area contributed by atoms with Gasteiger partial charge < -0.3 is 5.32 Å². The molecule has 5 heteroatoms. The zero-order valence-corrected chi connectivity index (χ0v) is 11.3. The van der Waals surface area contributed by atoms with Crippen LogP contribution in [0.5, 0.6) is 0 Å². The van der Waals surface area contributed by atoms with Gasteiger partial charge >= 0.3 is 0 Å². The van der Waals surface area contributed by atoms with E-state index in [1.165, 1.54) is 6.07 Å². The summed E-state index contributed by atoms with van der Waals surface area (Å²) in [6.45, 7) is 6.00. The number of benzene rings is 1. The Labute approximate surface area is 113 Å². The highest BCUT2D eigenvalue weighted by atomic mass is 35.5. The van der Waals surface area contributed by atoms with Crippen molar-refractivity contribution in [1.82, 2.24) is 10.2 Å². The third kappa shape index (κ3) is 3.32. The highest BCUT2D eigenvalue weighted by molar-refractivity contribution is 6.31. The van der Waals surface area contributed by atoms with Gasteiger partial charge in [-0.15, -0.1) is 12.4 Å². The minimum Gasteiger partial charge on any atom is -0.314 e. The first-order valence-corrected chi connectivity index (χ1v) is 5.96. The standard InChI is InChI=1S/C12H16ClFN2.ClH/c1-9(16-7-5-15-6-8-16)10-3-2-4-11(14)12(10)13;/h2-4,9,15H,5-8H2,1H3;1H/t9-;/m1./s1. The minimum absolute atomic E-state index is 0. The zero-order chi connectivity index (χ0) is 11.5. The van der Waals surface area contributed by atoms with Crippen LogP contribution in [-0.4, -0.2) is 31.1 Å². The molecule has 1 aromatic rings. The number of halogens is 3. The summed E-state index contributed by atoms with van der Waals surface area (Å²) in [5, 5.41) is 3.56. The van der Waals surface area contributed by atoms with Crippen molar-refractivity contribution in [3.63, 3.8) is 0 Å². The molecule has 96 valence electrons. The summed E-state index contributed by atoms with van der Waals surface area (Å²) in [6, 6.07) is 5.19. The van der Waals surface area contributed by atoms with Gasteiger partial charge in [-0.05, 0) is 18.6 Å². The first-order valence-electron chi connectivity index (χ1n) is 5.59. The lowest BCUT2D eigenvalue weighted by atomic mass is 10.1. The number of nitrogens with one attached hydrogen (secondary N) is 1. The fourth-order valence-corrected chi connectivity index (χ4v) is 2.39. The van der Waals surface area contributed by atoms with Gasteiger partial charge in [0.05, 0.1) is 5.02 Å². The number of piperazine rings is 1. The first kappa shape index (κ1) is 14.7. The summed E-state index contributed by atoms with van der Waals surface area (Å²) < 4.78 is 13.3. The third-order valence-corrected chi connectivity index (χ3v) is 3.53. The van der Waals surface area contributed by atoms with E-state index >= 15 is 0 Å². The van der Waals surface area contributed by atoms with Gasteiger partial charge in [-0.1, -0.05) is 23.7 Å². The Balaban J connectivity index is 0.00000144. The fourth-order valence-electron chi connectivity index (χ4n) is 2.11. The van der Waals surface area contributed by atoms with Crippen molar-refractivity contribution in [2.45, 2.75) is 13.0 Å². The van der Waals surface area contributed by atoms with Crippen LogP contribution in [0.2, 0.25) is 5.02 Å². The molecule has 1 fully saturated rings. The average molecular weight is 279 g/mol. The molecule has 1 aromatic carbocycles. The van der Waals surface area contributed by atoms with Crippen LogP contribution in [0, 0.1) is 5.82 Å². The van der Waals surface area contributed by atoms with E-state index < -0.39 is 0 Å². The third-order valence-electron chi connectivity index (χ3n) is 3.13. The van der Waals surface area contributed by atoms with Crippen molar-refractivity contribution in [2.24, 2.45) is 0 Å². The molecule has 2 nitrogen and oxygen atoms in total. The highest BCUT2D eigenvalue weighted by Gasteiger charge is 2.20. The van der Waals surface area contributed by atoms with Crippen LogP contribution in [0.4, 0.5) is 4.39 Å². The van der Waals surface area contributed by atoms with E-state index in [9.17, 15) is 4.39 Å². The predicted molar refractivity (Wildman–Crippen MR) is 71.5 cm³/mol. The van der Waals surface area contributed by atoms with Crippen LogP contribution in [-0.2, 0) is 0 Å². The van der Waals surface area contributed by atoms with Gasteiger partial charge in [-0.25, -0.2) is 4.39 Å². The molecule has 1 saturated heterocycles. The Morgan fingerprint density at radius 1 is 1.35 bits per heavy atom. The number of nitrogens with zero attached hydrogens (tertiary/aromatic N) is 1. The van der Waals surface area contributed by atoms with E-state index in [2.05, 4.69) is 17.1 Å². The molecule has 0 aliphatic carbocycles. The molecule has 1 atom stereocenters. The summed E-state index contributed by atoms with van der Waals surface area (Å²) in [5.41, 5.74) is 0.878. The summed E-state index contributed by atoms with van der Waals surface area (Å²) in [7, 11) is 0. The zero-order valence-electron chi connectivity index (χ0n) is 9.75. The van der Waals surface area contributed by atoms with Gasteiger partial charge in [0.15, 0.2) is 0 Å². The Kier molecular flexibility index (Phi) is 5.67. The maximum Gasteiger partial charge on any atom is 0.142 e. The van der Waals surface area contributed by atoms with Crippen molar-refractivity contribution >= 4 is 24.0 Å². The van der Waals surface area contributed by atoms with Crippen LogP contribution in [0.1, 0.15) is 18.5 Å². The number of hydrogen-bond donors (Lipinski definition) is 1. The molecule has 1 aliphatic rings.